The zero-order chi connectivity index (χ0) is 21.8. The summed E-state index contributed by atoms with van der Waals surface area (Å²) in [6, 6.07) is -0.211. The molecule has 0 saturated heterocycles. The van der Waals surface area contributed by atoms with E-state index in [1.165, 1.54) is 0 Å². The van der Waals surface area contributed by atoms with Crippen LogP contribution in [0.15, 0.2) is 28.0 Å². The van der Waals surface area contributed by atoms with Crippen LogP contribution >= 0.6 is 0 Å². The second kappa shape index (κ2) is 6.64. The van der Waals surface area contributed by atoms with Gasteiger partial charge in [0.25, 0.3) is 5.92 Å². The SMILES string of the molecule is CC(F)(F)c1ccc(S(=O)(=O)c2c(F)c(F)c(F)c(F)c2F)cc1C(F)(F)F. The third-order valence-corrected chi connectivity index (χ3v) is 5.29. The van der Waals surface area contributed by atoms with Crippen molar-refractivity contribution in [1.29, 1.82) is 0 Å². The predicted molar refractivity (Wildman–Crippen MR) is 72.7 cm³/mol. The number of rotatable bonds is 3. The number of hydrogen-bond donors (Lipinski definition) is 0. The van der Waals surface area contributed by atoms with Crippen molar-refractivity contribution in [2.24, 2.45) is 0 Å². The van der Waals surface area contributed by atoms with Gasteiger partial charge >= 0.3 is 6.18 Å². The highest BCUT2D eigenvalue weighted by atomic mass is 32.2. The molecule has 2 nitrogen and oxygen atoms in total. The summed E-state index contributed by atoms with van der Waals surface area (Å²) in [7, 11) is -5.75. The van der Waals surface area contributed by atoms with E-state index in [1.54, 1.807) is 0 Å². The number of hydrogen-bond acceptors (Lipinski definition) is 2. The lowest BCUT2D eigenvalue weighted by Gasteiger charge is -2.19. The number of benzene rings is 2. The van der Waals surface area contributed by atoms with E-state index in [0.717, 1.165) is 0 Å². The molecule has 0 radical (unpaired) electrons. The van der Waals surface area contributed by atoms with Crippen molar-refractivity contribution in [2.45, 2.75) is 28.8 Å². The Bertz CT molecular complexity index is 1020. The van der Waals surface area contributed by atoms with Crippen molar-refractivity contribution in [2.75, 3.05) is 0 Å². The van der Waals surface area contributed by atoms with Crippen molar-refractivity contribution in [3.05, 3.63) is 58.4 Å². The van der Waals surface area contributed by atoms with E-state index < -0.39 is 71.9 Å². The fourth-order valence-corrected chi connectivity index (χ4v) is 3.65. The molecule has 2 aromatic carbocycles. The molecule has 2 aromatic rings. The fraction of sp³-hybridized carbons (Fsp3) is 0.200. The quantitative estimate of drug-likeness (QED) is 0.279. The van der Waals surface area contributed by atoms with Gasteiger partial charge in [-0.25, -0.2) is 39.2 Å². The van der Waals surface area contributed by atoms with Gasteiger partial charge < -0.3 is 0 Å². The van der Waals surface area contributed by atoms with Crippen LogP contribution in [-0.4, -0.2) is 8.42 Å². The van der Waals surface area contributed by atoms with Gasteiger partial charge in [0.1, 0.15) is 4.90 Å². The molecule has 0 aliphatic carbocycles. The van der Waals surface area contributed by atoms with Crippen LogP contribution in [0.25, 0.3) is 0 Å². The van der Waals surface area contributed by atoms with Gasteiger partial charge in [-0.3, -0.25) is 0 Å². The highest BCUT2D eigenvalue weighted by Gasteiger charge is 2.42. The van der Waals surface area contributed by atoms with Crippen LogP contribution in [0.5, 0.6) is 0 Å². The van der Waals surface area contributed by atoms with Crippen LogP contribution in [0.1, 0.15) is 18.1 Å². The van der Waals surface area contributed by atoms with E-state index in [-0.39, 0.29) is 25.1 Å². The third-order valence-electron chi connectivity index (χ3n) is 3.52. The summed E-state index contributed by atoms with van der Waals surface area (Å²) in [5.74, 6) is -17.7. The minimum absolute atomic E-state index is 0.0295. The van der Waals surface area contributed by atoms with E-state index in [9.17, 15) is 52.3 Å². The molecule has 154 valence electrons. The zero-order valence-corrected chi connectivity index (χ0v) is 14.1. The topological polar surface area (TPSA) is 34.1 Å². The van der Waals surface area contributed by atoms with Crippen molar-refractivity contribution in [1.82, 2.24) is 0 Å². The molecule has 0 aliphatic rings. The van der Waals surface area contributed by atoms with Gasteiger partial charge in [-0.2, -0.15) is 13.2 Å². The van der Waals surface area contributed by atoms with E-state index in [0.29, 0.717) is 0 Å². The summed E-state index contributed by atoms with van der Waals surface area (Å²) in [5, 5.41) is 0. The Kier molecular flexibility index (Phi) is 5.21. The van der Waals surface area contributed by atoms with Crippen molar-refractivity contribution >= 4 is 9.84 Å². The van der Waals surface area contributed by atoms with Gasteiger partial charge in [0.05, 0.1) is 10.5 Å². The molecule has 0 heterocycles. The summed E-state index contributed by atoms with van der Waals surface area (Å²) in [6.07, 6.45) is -5.52. The highest BCUT2D eigenvalue weighted by molar-refractivity contribution is 7.91. The largest absolute Gasteiger partial charge is 0.416 e. The molecule has 0 unspecified atom stereocenters. The Labute approximate surface area is 150 Å². The molecule has 0 aliphatic heterocycles. The number of halogens is 10. The average molecular weight is 440 g/mol. The molecule has 2 rings (SSSR count). The molecule has 0 N–H and O–H groups in total. The molecule has 0 aromatic heterocycles. The smallest absolute Gasteiger partial charge is 0.218 e. The first-order valence-corrected chi connectivity index (χ1v) is 8.35. The standard InChI is InChI=1S/C15H6F10O2S/c1-14(21,22)6-3-2-5(4-7(6)15(23,24)25)28(26,27)13-11(19)9(17)8(16)10(18)12(13)20/h2-4H,1H3. The second-order valence-corrected chi connectivity index (χ2v) is 7.38. The lowest BCUT2D eigenvalue weighted by molar-refractivity contribution is -0.141. The molecular weight excluding hydrogens is 434 g/mol. The average Bonchev–Trinajstić information content (AvgIpc) is 2.56. The number of sulfone groups is 1. The first-order chi connectivity index (χ1) is 12.5. The number of alkyl halides is 5. The lowest BCUT2D eigenvalue weighted by atomic mass is 10.0. The Balaban J connectivity index is 2.87. The van der Waals surface area contributed by atoms with Crippen molar-refractivity contribution < 1.29 is 52.3 Å². The normalized spacial score (nSPS) is 13.1. The van der Waals surface area contributed by atoms with Crippen LogP contribution in [0.2, 0.25) is 0 Å². The van der Waals surface area contributed by atoms with Gasteiger partial charge in [-0.1, -0.05) is 6.07 Å². The Morgan fingerprint density at radius 3 is 1.54 bits per heavy atom. The van der Waals surface area contributed by atoms with Crippen LogP contribution in [0, 0.1) is 29.1 Å². The maximum Gasteiger partial charge on any atom is 0.416 e. The Morgan fingerprint density at radius 2 is 1.14 bits per heavy atom. The second-order valence-electron chi connectivity index (χ2n) is 5.50. The summed E-state index contributed by atoms with van der Waals surface area (Å²) >= 11 is 0. The molecule has 28 heavy (non-hydrogen) atoms. The summed E-state index contributed by atoms with van der Waals surface area (Å²) in [6.45, 7) is 0.0792. The minimum atomic E-state index is -5.75. The molecule has 13 heteroatoms. The van der Waals surface area contributed by atoms with Gasteiger partial charge in [-0.05, 0) is 12.1 Å². The first kappa shape index (κ1) is 22.0. The van der Waals surface area contributed by atoms with Crippen LogP contribution in [0.3, 0.4) is 0 Å². The Hall–Kier alpha value is -2.31. The van der Waals surface area contributed by atoms with E-state index in [1.807, 2.05) is 0 Å². The lowest BCUT2D eigenvalue weighted by Crippen LogP contribution is -2.19. The van der Waals surface area contributed by atoms with Gasteiger partial charge in [0, 0.05) is 12.5 Å². The maximum atomic E-state index is 13.7. The summed E-state index contributed by atoms with van der Waals surface area (Å²) in [4.78, 5) is -4.01. The molecule has 0 fully saturated rings. The van der Waals surface area contributed by atoms with Crippen molar-refractivity contribution in [3.63, 3.8) is 0 Å². The van der Waals surface area contributed by atoms with E-state index >= 15 is 0 Å². The van der Waals surface area contributed by atoms with Gasteiger partial charge in [-0.15, -0.1) is 0 Å². The highest BCUT2D eigenvalue weighted by Crippen LogP contribution is 2.41. The third kappa shape index (κ3) is 3.54. The molecule has 0 amide bonds. The maximum absolute atomic E-state index is 13.7. The molecule has 0 spiro atoms. The fourth-order valence-electron chi connectivity index (χ4n) is 2.25. The van der Waals surface area contributed by atoms with E-state index in [2.05, 4.69) is 0 Å². The van der Waals surface area contributed by atoms with E-state index in [4.69, 9.17) is 0 Å². The molecule has 0 atom stereocenters. The van der Waals surface area contributed by atoms with Crippen LogP contribution in [-0.2, 0) is 21.9 Å². The molecule has 0 bridgehead atoms. The summed E-state index contributed by atoms with van der Waals surface area (Å²) in [5.41, 5.74) is -3.82. The first-order valence-electron chi connectivity index (χ1n) is 6.87. The van der Waals surface area contributed by atoms with Gasteiger partial charge in [0.15, 0.2) is 23.3 Å². The van der Waals surface area contributed by atoms with Crippen molar-refractivity contribution in [3.8, 4) is 0 Å². The minimum Gasteiger partial charge on any atom is -0.218 e. The molecular formula is C15H6F10O2S. The summed E-state index contributed by atoms with van der Waals surface area (Å²) < 4.78 is 157. The monoisotopic (exact) mass is 440 g/mol. The van der Waals surface area contributed by atoms with Crippen LogP contribution < -0.4 is 0 Å². The Morgan fingerprint density at radius 1 is 0.714 bits per heavy atom. The van der Waals surface area contributed by atoms with Gasteiger partial charge in [0.2, 0.25) is 15.7 Å². The predicted octanol–water partition coefficient (Wildman–Crippen LogP) is 5.35. The molecule has 0 saturated carbocycles. The van der Waals surface area contributed by atoms with Crippen LogP contribution in [0.4, 0.5) is 43.9 Å². The zero-order valence-electron chi connectivity index (χ0n) is 13.2.